The van der Waals surface area contributed by atoms with Crippen LogP contribution in [0.15, 0.2) is 0 Å². The number of nitriles is 1. The Kier molecular flexibility index (Phi) is 3.16. The third kappa shape index (κ3) is 3.59. The minimum Gasteiger partial charge on any atom is -0.368 e. The topological polar surface area (TPSA) is 53.2 Å². The van der Waals surface area contributed by atoms with E-state index in [0.717, 1.165) is 0 Å². The van der Waals surface area contributed by atoms with Crippen LogP contribution in [-0.2, 0) is 4.74 Å². The van der Waals surface area contributed by atoms with Crippen molar-refractivity contribution in [2.75, 3.05) is 0 Å². The quantitative estimate of drug-likeness (QED) is 0.525. The highest BCUT2D eigenvalue weighted by Gasteiger charge is 2.00. The van der Waals surface area contributed by atoms with Crippen molar-refractivity contribution in [2.24, 2.45) is 0 Å². The Morgan fingerprint density at radius 3 is 2.25 bits per heavy atom. The van der Waals surface area contributed by atoms with Gasteiger partial charge in [0.05, 0.1) is 6.07 Å². The molecule has 2 atom stereocenters. The lowest BCUT2D eigenvalue weighted by Crippen LogP contribution is -2.13. The average molecular weight is 115 g/mol. The number of ether oxygens (including phenoxy) is 1. The highest BCUT2D eigenvalue weighted by atomic mass is 16.6. The zero-order chi connectivity index (χ0) is 6.57. The molecule has 0 bridgehead atoms. The number of rotatable bonds is 2. The number of hydrogen-bond donors (Lipinski definition) is 1. The van der Waals surface area contributed by atoms with Gasteiger partial charge in [-0.1, -0.05) is 0 Å². The van der Waals surface area contributed by atoms with Crippen LogP contribution in [0.4, 0.5) is 0 Å². The molecule has 0 saturated carbocycles. The van der Waals surface area contributed by atoms with Gasteiger partial charge in [0.2, 0.25) is 0 Å². The molecular formula is C5H9NO2. The van der Waals surface area contributed by atoms with Crippen molar-refractivity contribution in [3.05, 3.63) is 0 Å². The fraction of sp³-hybridized carbons (Fsp3) is 0.800. The molecule has 0 amide bonds. The normalized spacial score (nSPS) is 16.8. The average Bonchev–Trinajstić information content (AvgIpc) is 1.65. The van der Waals surface area contributed by atoms with E-state index in [4.69, 9.17) is 10.4 Å². The highest BCUT2D eigenvalue weighted by Crippen LogP contribution is 1.91. The summed E-state index contributed by atoms with van der Waals surface area (Å²) in [6.45, 7) is 3.04. The summed E-state index contributed by atoms with van der Waals surface area (Å²) in [5.74, 6) is 0. The van der Waals surface area contributed by atoms with Gasteiger partial charge in [-0.25, -0.2) is 0 Å². The Hall–Kier alpha value is -0.590. The molecule has 0 spiro atoms. The summed E-state index contributed by atoms with van der Waals surface area (Å²) in [7, 11) is 0. The van der Waals surface area contributed by atoms with Crippen molar-refractivity contribution in [2.45, 2.75) is 26.2 Å². The molecule has 0 aromatic carbocycles. The van der Waals surface area contributed by atoms with Gasteiger partial charge < -0.3 is 9.84 Å². The first-order valence-corrected chi connectivity index (χ1v) is 2.40. The number of nitrogens with zero attached hydrogens (tertiary/aromatic N) is 1. The maximum absolute atomic E-state index is 8.48. The van der Waals surface area contributed by atoms with E-state index in [9.17, 15) is 0 Å². The third-order valence-corrected chi connectivity index (χ3v) is 0.583. The maximum Gasteiger partial charge on any atom is 0.153 e. The molecular weight excluding hydrogens is 106 g/mol. The summed E-state index contributed by atoms with van der Waals surface area (Å²) < 4.78 is 4.59. The van der Waals surface area contributed by atoms with Crippen molar-refractivity contribution in [3.63, 3.8) is 0 Å². The van der Waals surface area contributed by atoms with Crippen LogP contribution in [0, 0.1) is 11.3 Å². The SMILES string of the molecule is CC(O)OC(C)C#N. The summed E-state index contributed by atoms with van der Waals surface area (Å²) >= 11 is 0. The molecule has 0 saturated heterocycles. The molecule has 0 fully saturated rings. The fourth-order valence-corrected chi connectivity index (χ4v) is 0.326. The predicted molar refractivity (Wildman–Crippen MR) is 27.8 cm³/mol. The molecule has 8 heavy (non-hydrogen) atoms. The largest absolute Gasteiger partial charge is 0.368 e. The van der Waals surface area contributed by atoms with Crippen LogP contribution in [-0.4, -0.2) is 17.5 Å². The molecule has 1 N–H and O–H groups in total. The Balaban J connectivity index is 3.28. The van der Waals surface area contributed by atoms with Crippen molar-refractivity contribution < 1.29 is 9.84 Å². The van der Waals surface area contributed by atoms with E-state index in [0.29, 0.717) is 0 Å². The van der Waals surface area contributed by atoms with Gasteiger partial charge >= 0.3 is 0 Å². The molecule has 46 valence electrons. The van der Waals surface area contributed by atoms with Gasteiger partial charge in [-0.2, -0.15) is 5.26 Å². The van der Waals surface area contributed by atoms with Crippen molar-refractivity contribution in [1.29, 1.82) is 5.26 Å². The molecule has 0 radical (unpaired) electrons. The van der Waals surface area contributed by atoms with Crippen LogP contribution in [0.5, 0.6) is 0 Å². The second-order valence-corrected chi connectivity index (χ2v) is 1.51. The van der Waals surface area contributed by atoms with E-state index in [1.54, 1.807) is 6.92 Å². The Morgan fingerprint density at radius 2 is 2.12 bits per heavy atom. The number of aliphatic hydroxyl groups excluding tert-OH is 1. The van der Waals surface area contributed by atoms with Crippen LogP contribution in [0.1, 0.15) is 13.8 Å². The van der Waals surface area contributed by atoms with E-state index < -0.39 is 12.4 Å². The minimum atomic E-state index is -0.843. The molecule has 0 aliphatic carbocycles. The summed E-state index contributed by atoms with van der Waals surface area (Å²) in [5.41, 5.74) is 0. The lowest BCUT2D eigenvalue weighted by atomic mass is 10.5. The molecule has 0 aromatic heterocycles. The van der Waals surface area contributed by atoms with Crippen LogP contribution >= 0.6 is 0 Å². The molecule has 0 rings (SSSR count). The van der Waals surface area contributed by atoms with Gasteiger partial charge in [-0.15, -0.1) is 0 Å². The zero-order valence-electron chi connectivity index (χ0n) is 4.96. The van der Waals surface area contributed by atoms with E-state index >= 15 is 0 Å². The molecule has 0 heterocycles. The molecule has 0 aliphatic heterocycles. The highest BCUT2D eigenvalue weighted by molar-refractivity contribution is 4.78. The van der Waals surface area contributed by atoms with Crippen LogP contribution in [0.3, 0.4) is 0 Å². The lowest BCUT2D eigenvalue weighted by molar-refractivity contribution is -0.101. The zero-order valence-corrected chi connectivity index (χ0v) is 4.96. The van der Waals surface area contributed by atoms with Gasteiger partial charge in [0.1, 0.15) is 6.10 Å². The van der Waals surface area contributed by atoms with Crippen LogP contribution in [0.2, 0.25) is 0 Å². The maximum atomic E-state index is 8.48. The predicted octanol–water partition coefficient (Wildman–Crippen LogP) is 0.253. The first-order chi connectivity index (χ1) is 3.66. The minimum absolute atomic E-state index is 0.519. The number of hydrogen-bond acceptors (Lipinski definition) is 3. The first kappa shape index (κ1) is 7.41. The summed E-state index contributed by atoms with van der Waals surface area (Å²) in [6, 6.07) is 1.81. The summed E-state index contributed by atoms with van der Waals surface area (Å²) in [4.78, 5) is 0. The molecule has 3 nitrogen and oxygen atoms in total. The van der Waals surface area contributed by atoms with Crippen molar-refractivity contribution in [3.8, 4) is 6.07 Å². The Labute approximate surface area is 48.5 Å². The van der Waals surface area contributed by atoms with Gasteiger partial charge in [0, 0.05) is 0 Å². The fourth-order valence-electron chi connectivity index (χ4n) is 0.326. The summed E-state index contributed by atoms with van der Waals surface area (Å²) in [6.07, 6.45) is -1.36. The Morgan fingerprint density at radius 1 is 1.62 bits per heavy atom. The third-order valence-electron chi connectivity index (χ3n) is 0.583. The molecule has 3 heteroatoms. The van der Waals surface area contributed by atoms with Gasteiger partial charge in [0.25, 0.3) is 0 Å². The first-order valence-electron chi connectivity index (χ1n) is 2.40. The van der Waals surface area contributed by atoms with E-state index in [1.807, 2.05) is 6.07 Å². The molecule has 2 unspecified atom stereocenters. The number of aliphatic hydroxyl groups is 1. The lowest BCUT2D eigenvalue weighted by Gasteiger charge is -2.05. The van der Waals surface area contributed by atoms with Crippen molar-refractivity contribution in [1.82, 2.24) is 0 Å². The van der Waals surface area contributed by atoms with Crippen molar-refractivity contribution >= 4 is 0 Å². The second-order valence-electron chi connectivity index (χ2n) is 1.51. The van der Waals surface area contributed by atoms with E-state index in [-0.39, 0.29) is 0 Å². The molecule has 0 aliphatic rings. The van der Waals surface area contributed by atoms with Gasteiger partial charge in [-0.05, 0) is 13.8 Å². The van der Waals surface area contributed by atoms with Crippen LogP contribution in [0.25, 0.3) is 0 Å². The van der Waals surface area contributed by atoms with Gasteiger partial charge in [-0.3, -0.25) is 0 Å². The monoisotopic (exact) mass is 115 g/mol. The van der Waals surface area contributed by atoms with E-state index in [1.165, 1.54) is 6.92 Å². The molecule has 0 aromatic rings. The van der Waals surface area contributed by atoms with Gasteiger partial charge in [0.15, 0.2) is 6.29 Å². The second kappa shape index (κ2) is 3.42. The standard InChI is InChI=1S/C5H9NO2/c1-4(3-6)8-5(2)7/h4-5,7H,1-2H3. The van der Waals surface area contributed by atoms with E-state index in [2.05, 4.69) is 4.74 Å². The Bertz CT molecular complexity index is 95.1. The smallest absolute Gasteiger partial charge is 0.153 e. The van der Waals surface area contributed by atoms with Crippen LogP contribution < -0.4 is 0 Å². The summed E-state index contributed by atoms with van der Waals surface area (Å²) in [5, 5.41) is 16.6.